The minimum atomic E-state index is -3.78. The lowest BCUT2D eigenvalue weighted by atomic mass is 9.99. The van der Waals surface area contributed by atoms with Gasteiger partial charge in [0, 0.05) is 19.6 Å². The van der Waals surface area contributed by atoms with Crippen LogP contribution in [0.15, 0.2) is 41.3 Å². The molecule has 0 unspecified atom stereocenters. The fourth-order valence-electron chi connectivity index (χ4n) is 4.23. The summed E-state index contributed by atoms with van der Waals surface area (Å²) in [4.78, 5) is 13.0. The molecular formula is C24H30N4O5S2. The van der Waals surface area contributed by atoms with E-state index >= 15 is 0 Å². The van der Waals surface area contributed by atoms with Crippen LogP contribution in [-0.4, -0.2) is 60.2 Å². The molecule has 2 heterocycles. The average molecular weight is 519 g/mol. The Morgan fingerprint density at radius 2 is 1.94 bits per heavy atom. The second-order valence-corrected chi connectivity index (χ2v) is 10.7. The highest BCUT2D eigenvalue weighted by atomic mass is 32.2. The van der Waals surface area contributed by atoms with E-state index in [-0.39, 0.29) is 17.3 Å². The second-order valence-electron chi connectivity index (χ2n) is 8.28. The molecule has 3 aromatic rings. The summed E-state index contributed by atoms with van der Waals surface area (Å²) in [5.41, 5.74) is 1.96. The van der Waals surface area contributed by atoms with Crippen LogP contribution >= 0.6 is 11.7 Å². The van der Waals surface area contributed by atoms with Crippen molar-refractivity contribution in [2.75, 3.05) is 32.8 Å². The number of nitrogens with zero attached hydrogens (tertiary/aromatic N) is 3. The van der Waals surface area contributed by atoms with E-state index in [1.165, 1.54) is 4.31 Å². The van der Waals surface area contributed by atoms with Crippen molar-refractivity contribution in [2.45, 2.75) is 38.0 Å². The van der Waals surface area contributed by atoms with E-state index in [1.54, 1.807) is 18.2 Å². The molecular weight excluding hydrogens is 488 g/mol. The number of aromatic nitrogens is 2. The van der Waals surface area contributed by atoms with Crippen molar-refractivity contribution >= 4 is 38.7 Å². The number of fused-ring (bicyclic) bond motifs is 1. The first-order valence-electron chi connectivity index (χ1n) is 11.8. The highest BCUT2D eigenvalue weighted by Gasteiger charge is 2.34. The van der Waals surface area contributed by atoms with Crippen LogP contribution in [0.3, 0.4) is 0 Å². The van der Waals surface area contributed by atoms with Gasteiger partial charge in [-0.25, -0.2) is 8.42 Å². The Labute approximate surface area is 209 Å². The molecule has 2 aromatic carbocycles. The Kier molecular flexibility index (Phi) is 8.19. The average Bonchev–Trinajstić information content (AvgIpc) is 3.35. The molecule has 0 radical (unpaired) electrons. The minimum Gasteiger partial charge on any atom is -0.490 e. The van der Waals surface area contributed by atoms with Gasteiger partial charge in [0.2, 0.25) is 15.9 Å². The van der Waals surface area contributed by atoms with Crippen LogP contribution < -0.4 is 14.8 Å². The van der Waals surface area contributed by atoms with Gasteiger partial charge in [0.1, 0.15) is 15.9 Å². The molecule has 1 saturated heterocycles. The first-order valence-corrected chi connectivity index (χ1v) is 14.0. The number of hydrogen-bond donors (Lipinski definition) is 1. The van der Waals surface area contributed by atoms with Gasteiger partial charge in [-0.2, -0.15) is 13.1 Å². The molecule has 1 N–H and O–H groups in total. The molecule has 1 aliphatic rings. The third-order valence-corrected chi connectivity index (χ3v) is 8.38. The quantitative estimate of drug-likeness (QED) is 0.439. The van der Waals surface area contributed by atoms with Crippen molar-refractivity contribution in [2.24, 2.45) is 5.92 Å². The van der Waals surface area contributed by atoms with E-state index in [0.29, 0.717) is 68.1 Å². The van der Waals surface area contributed by atoms with Crippen molar-refractivity contribution < 1.29 is 22.7 Å². The van der Waals surface area contributed by atoms with Gasteiger partial charge < -0.3 is 14.8 Å². The number of carbonyl (C=O) groups excluding carboxylic acids is 1. The zero-order chi connectivity index (χ0) is 24.8. The van der Waals surface area contributed by atoms with Crippen molar-refractivity contribution in [3.8, 4) is 11.5 Å². The molecule has 0 saturated carbocycles. The number of sulfonamides is 1. The molecule has 188 valence electrons. The van der Waals surface area contributed by atoms with Crippen LogP contribution in [0.1, 0.15) is 32.3 Å². The van der Waals surface area contributed by atoms with E-state index in [2.05, 4.69) is 14.1 Å². The van der Waals surface area contributed by atoms with E-state index < -0.39 is 15.9 Å². The Morgan fingerprint density at radius 1 is 1.14 bits per heavy atom. The summed E-state index contributed by atoms with van der Waals surface area (Å²) in [6.45, 7) is 5.92. The van der Waals surface area contributed by atoms with Crippen molar-refractivity contribution in [1.29, 1.82) is 0 Å². The van der Waals surface area contributed by atoms with E-state index in [1.807, 2.05) is 32.0 Å². The molecule has 9 nitrogen and oxygen atoms in total. The molecule has 11 heteroatoms. The molecule has 1 fully saturated rings. The van der Waals surface area contributed by atoms with E-state index in [0.717, 1.165) is 17.3 Å². The first kappa shape index (κ1) is 25.3. The van der Waals surface area contributed by atoms with Gasteiger partial charge in [0.25, 0.3) is 0 Å². The summed E-state index contributed by atoms with van der Waals surface area (Å²) < 4.78 is 47.6. The van der Waals surface area contributed by atoms with Crippen LogP contribution in [0.25, 0.3) is 11.0 Å². The summed E-state index contributed by atoms with van der Waals surface area (Å²) in [5, 5.41) is 2.98. The van der Waals surface area contributed by atoms with Gasteiger partial charge in [0.15, 0.2) is 11.5 Å². The zero-order valence-electron chi connectivity index (χ0n) is 19.9. The SMILES string of the molecule is CCOc1ccc(CCNC(=O)[C@@H]2CCCN(S(=O)(=O)c3cccc4nsnc34)C2)cc1OCC. The lowest BCUT2D eigenvalue weighted by Gasteiger charge is -2.31. The highest BCUT2D eigenvalue weighted by Crippen LogP contribution is 2.29. The molecule has 35 heavy (non-hydrogen) atoms. The number of hydrogen-bond acceptors (Lipinski definition) is 8. The smallest absolute Gasteiger partial charge is 0.245 e. The van der Waals surface area contributed by atoms with Gasteiger partial charge in [0.05, 0.1) is 30.9 Å². The van der Waals surface area contributed by atoms with Gasteiger partial charge in [-0.05, 0) is 62.9 Å². The van der Waals surface area contributed by atoms with Crippen molar-refractivity contribution in [3.05, 3.63) is 42.0 Å². The number of ether oxygens (including phenoxy) is 2. The van der Waals surface area contributed by atoms with E-state index in [4.69, 9.17) is 9.47 Å². The van der Waals surface area contributed by atoms with Crippen molar-refractivity contribution in [1.82, 2.24) is 18.4 Å². The normalized spacial score (nSPS) is 16.8. The molecule has 1 aliphatic heterocycles. The second kappa shape index (κ2) is 11.3. The molecule has 1 atom stereocenters. The summed E-state index contributed by atoms with van der Waals surface area (Å²) in [5.74, 6) is 0.867. The Hall–Kier alpha value is -2.76. The molecule has 1 amide bonds. The fourth-order valence-corrected chi connectivity index (χ4v) is 6.51. The molecule has 0 spiro atoms. The van der Waals surface area contributed by atoms with Gasteiger partial charge in [-0.1, -0.05) is 12.1 Å². The van der Waals surface area contributed by atoms with Crippen molar-refractivity contribution in [3.63, 3.8) is 0 Å². The standard InChI is InChI=1S/C24H30N4O5S2/c1-3-32-20-11-10-17(15-21(20)33-4-2)12-13-25-24(29)18-7-6-14-28(16-18)35(30,31)22-9-5-8-19-23(22)27-34-26-19/h5,8-11,15,18H,3-4,6-7,12-14,16H2,1-2H3,(H,25,29)/t18-/m1/s1. The topological polar surface area (TPSA) is 111 Å². The summed E-state index contributed by atoms with van der Waals surface area (Å²) in [6, 6.07) is 10.7. The monoisotopic (exact) mass is 518 g/mol. The van der Waals surface area contributed by atoms with E-state index in [9.17, 15) is 13.2 Å². The maximum absolute atomic E-state index is 13.3. The van der Waals surface area contributed by atoms with Gasteiger partial charge in [-0.3, -0.25) is 4.79 Å². The van der Waals surface area contributed by atoms with Crippen LogP contribution in [-0.2, 0) is 21.2 Å². The highest BCUT2D eigenvalue weighted by molar-refractivity contribution is 7.89. The molecule has 4 rings (SSSR count). The fraction of sp³-hybridized carbons (Fsp3) is 0.458. The Morgan fingerprint density at radius 3 is 2.74 bits per heavy atom. The summed E-state index contributed by atoms with van der Waals surface area (Å²) in [6.07, 6.45) is 1.91. The third-order valence-electron chi connectivity index (χ3n) is 5.94. The third kappa shape index (κ3) is 5.74. The minimum absolute atomic E-state index is 0.130. The first-order chi connectivity index (χ1) is 16.9. The lowest BCUT2D eigenvalue weighted by molar-refractivity contribution is -0.126. The molecule has 1 aromatic heterocycles. The maximum Gasteiger partial charge on any atom is 0.245 e. The number of rotatable bonds is 10. The lowest BCUT2D eigenvalue weighted by Crippen LogP contribution is -2.45. The largest absolute Gasteiger partial charge is 0.490 e. The zero-order valence-corrected chi connectivity index (χ0v) is 21.5. The Bertz CT molecular complexity index is 1280. The molecule has 0 aliphatic carbocycles. The number of amides is 1. The van der Waals surface area contributed by atoms with Crippen LogP contribution in [0.5, 0.6) is 11.5 Å². The number of nitrogens with one attached hydrogen (secondary N) is 1. The predicted molar refractivity (Wildman–Crippen MR) is 134 cm³/mol. The molecule has 0 bridgehead atoms. The van der Waals surface area contributed by atoms with Crippen LogP contribution in [0, 0.1) is 5.92 Å². The summed E-state index contributed by atoms with van der Waals surface area (Å²) in [7, 11) is -3.78. The van der Waals surface area contributed by atoms with Gasteiger partial charge in [-0.15, -0.1) is 0 Å². The number of piperidine rings is 1. The maximum atomic E-state index is 13.3. The van der Waals surface area contributed by atoms with Crippen LogP contribution in [0.4, 0.5) is 0 Å². The van der Waals surface area contributed by atoms with Gasteiger partial charge >= 0.3 is 0 Å². The summed E-state index contributed by atoms with van der Waals surface area (Å²) >= 11 is 0.987. The predicted octanol–water partition coefficient (Wildman–Crippen LogP) is 3.25. The Balaban J connectivity index is 1.37. The number of carbonyl (C=O) groups is 1. The number of benzene rings is 2. The van der Waals surface area contributed by atoms with Crippen LogP contribution in [0.2, 0.25) is 0 Å².